The van der Waals surface area contributed by atoms with E-state index in [1.165, 1.54) is 223 Å². The van der Waals surface area contributed by atoms with Crippen molar-refractivity contribution in [2.45, 2.75) is 219 Å². The van der Waals surface area contributed by atoms with Crippen molar-refractivity contribution in [3.63, 3.8) is 0 Å². The van der Waals surface area contributed by atoms with E-state index in [9.17, 15) is 0 Å². The number of hydrogen-bond acceptors (Lipinski definition) is 1. The van der Waals surface area contributed by atoms with Crippen molar-refractivity contribution in [1.29, 1.82) is 0 Å². The number of hydrogen-bond donors (Lipinski definition) is 0. The third-order valence-electron chi connectivity index (χ3n) is 9.97. The number of nitrogens with zero attached hydrogens (tertiary/aromatic N) is 1. The Kier molecular flexibility index (Phi) is 31.7. The van der Waals surface area contributed by atoms with E-state index in [1.54, 1.807) is 0 Å². The second-order valence-corrected chi connectivity index (χ2v) is 14.5. The summed E-state index contributed by atoms with van der Waals surface area (Å²) in [7, 11) is 2.26. The minimum Gasteiger partial charge on any atom is -0.375 e. The molecule has 0 aliphatic carbocycles. The average molecular weight is 624 g/mol. The smallest absolute Gasteiger partial charge is 0.0364 e. The van der Waals surface area contributed by atoms with Crippen LogP contribution in [-0.4, -0.2) is 13.6 Å². The Bertz CT molecular complexity index is 719. The van der Waals surface area contributed by atoms with E-state index < -0.39 is 0 Å². The number of benzene rings is 1. The normalized spacial score (nSPS) is 11.6. The molecule has 0 N–H and O–H groups in total. The first-order valence-electron chi connectivity index (χ1n) is 20.8. The fourth-order valence-electron chi connectivity index (χ4n) is 6.72. The van der Waals surface area contributed by atoms with Crippen LogP contribution in [0.3, 0.4) is 0 Å². The summed E-state index contributed by atoms with van der Waals surface area (Å²) in [4.78, 5) is 2.44. The molecule has 0 saturated carbocycles. The average Bonchev–Trinajstić information content (AvgIpc) is 3.06. The van der Waals surface area contributed by atoms with Crippen molar-refractivity contribution in [2.75, 3.05) is 18.5 Å². The van der Waals surface area contributed by atoms with Gasteiger partial charge in [-0.05, 0) is 37.0 Å². The highest BCUT2D eigenvalue weighted by Crippen LogP contribution is 2.18. The van der Waals surface area contributed by atoms with Crippen LogP contribution < -0.4 is 4.90 Å². The van der Waals surface area contributed by atoms with Crippen LogP contribution in [0.2, 0.25) is 0 Å². The minimum absolute atomic E-state index is 1.17. The molecule has 1 heteroatoms. The van der Waals surface area contributed by atoms with Crippen molar-refractivity contribution in [3.05, 3.63) is 35.9 Å². The molecule has 0 saturated heterocycles. The molecule has 0 amide bonds. The van der Waals surface area contributed by atoms with Crippen molar-refractivity contribution in [2.24, 2.45) is 0 Å². The molecule has 0 spiro atoms. The fraction of sp³-hybridized carbons (Fsp3) is 0.818. The van der Waals surface area contributed by atoms with Gasteiger partial charge < -0.3 is 4.90 Å². The molecular weight excluding hydrogens is 542 g/mol. The molecule has 0 bridgehead atoms. The summed E-state index contributed by atoms with van der Waals surface area (Å²) in [6, 6.07) is 9.20. The zero-order valence-electron chi connectivity index (χ0n) is 31.2. The summed E-state index contributed by atoms with van der Waals surface area (Å²) in [6.45, 7) is 5.78. The molecule has 0 aromatic heterocycles. The van der Waals surface area contributed by atoms with Gasteiger partial charge >= 0.3 is 0 Å². The van der Waals surface area contributed by atoms with Gasteiger partial charge in [-0.1, -0.05) is 224 Å². The van der Waals surface area contributed by atoms with Crippen LogP contribution in [0.15, 0.2) is 30.3 Å². The standard InChI is InChI=1S/C44H81N/c1-4-6-8-10-12-14-16-18-20-22-23-25-27-29-31-33-35-37-43-38-40-44(41-39-43)45(3)42-36-34-32-30-28-26-24-21-19-17-15-13-11-9-7-5-2/h35,37-41H,4-34,36,42H2,1-3H3. The fourth-order valence-corrected chi connectivity index (χ4v) is 6.72. The Morgan fingerprint density at radius 2 is 0.711 bits per heavy atom. The predicted molar refractivity (Wildman–Crippen MR) is 208 cm³/mol. The second-order valence-electron chi connectivity index (χ2n) is 14.5. The van der Waals surface area contributed by atoms with E-state index >= 15 is 0 Å². The third-order valence-corrected chi connectivity index (χ3v) is 9.97. The van der Waals surface area contributed by atoms with Crippen LogP contribution in [0, 0.1) is 0 Å². The van der Waals surface area contributed by atoms with Gasteiger partial charge in [0.15, 0.2) is 0 Å². The zero-order valence-corrected chi connectivity index (χ0v) is 31.2. The first-order valence-corrected chi connectivity index (χ1v) is 20.8. The molecule has 0 atom stereocenters. The van der Waals surface area contributed by atoms with Crippen molar-refractivity contribution in [1.82, 2.24) is 0 Å². The highest BCUT2D eigenvalue weighted by Gasteiger charge is 2.01. The molecule has 1 aromatic rings. The summed E-state index contributed by atoms with van der Waals surface area (Å²) in [5.41, 5.74) is 2.70. The molecular formula is C44H81N. The molecule has 0 unspecified atom stereocenters. The summed E-state index contributed by atoms with van der Waals surface area (Å²) in [6.07, 6.45) is 50.5. The number of unbranched alkanes of at least 4 members (excludes halogenated alkanes) is 30. The lowest BCUT2D eigenvalue weighted by Gasteiger charge is -2.19. The summed E-state index contributed by atoms with van der Waals surface area (Å²) in [5.74, 6) is 0. The maximum atomic E-state index is 2.44. The molecule has 0 heterocycles. The molecule has 45 heavy (non-hydrogen) atoms. The Balaban J connectivity index is 1.90. The van der Waals surface area contributed by atoms with Crippen LogP contribution in [0.25, 0.3) is 6.08 Å². The summed E-state index contributed by atoms with van der Waals surface area (Å²) < 4.78 is 0. The summed E-state index contributed by atoms with van der Waals surface area (Å²) in [5, 5.41) is 0. The highest BCUT2D eigenvalue weighted by atomic mass is 15.1. The van der Waals surface area contributed by atoms with E-state index in [0.717, 1.165) is 0 Å². The van der Waals surface area contributed by atoms with Gasteiger partial charge in [0, 0.05) is 19.3 Å². The van der Waals surface area contributed by atoms with Crippen LogP contribution >= 0.6 is 0 Å². The van der Waals surface area contributed by atoms with Gasteiger partial charge in [-0.25, -0.2) is 0 Å². The first-order chi connectivity index (χ1) is 22.3. The Hall–Kier alpha value is -1.24. The van der Waals surface area contributed by atoms with Gasteiger partial charge in [0.05, 0.1) is 0 Å². The zero-order chi connectivity index (χ0) is 32.3. The molecule has 0 fully saturated rings. The Morgan fingerprint density at radius 1 is 0.400 bits per heavy atom. The predicted octanol–water partition coefficient (Wildman–Crippen LogP) is 15.7. The Labute approximate surface area is 284 Å². The SMILES string of the molecule is CCCCCCCCCCCCCCCCCC=Cc1ccc(N(C)CCCCCCCCCCCCCCCCCC)cc1. The monoisotopic (exact) mass is 624 g/mol. The van der Waals surface area contributed by atoms with Crippen molar-refractivity contribution < 1.29 is 0 Å². The van der Waals surface area contributed by atoms with Gasteiger partial charge in [-0.2, -0.15) is 0 Å². The lowest BCUT2D eigenvalue weighted by atomic mass is 10.0. The molecule has 1 rings (SSSR count). The Morgan fingerprint density at radius 3 is 1.07 bits per heavy atom. The molecule has 1 nitrogen and oxygen atoms in total. The molecule has 262 valence electrons. The van der Waals surface area contributed by atoms with E-state index in [1.807, 2.05) is 0 Å². The quantitative estimate of drug-likeness (QED) is 0.0680. The van der Waals surface area contributed by atoms with Crippen LogP contribution in [0.4, 0.5) is 5.69 Å². The van der Waals surface area contributed by atoms with E-state index in [-0.39, 0.29) is 0 Å². The van der Waals surface area contributed by atoms with Gasteiger partial charge in [-0.3, -0.25) is 0 Å². The maximum absolute atomic E-state index is 2.44. The van der Waals surface area contributed by atoms with Gasteiger partial charge in [0.25, 0.3) is 0 Å². The van der Waals surface area contributed by atoms with E-state index in [4.69, 9.17) is 0 Å². The van der Waals surface area contributed by atoms with Crippen molar-refractivity contribution in [3.8, 4) is 0 Å². The van der Waals surface area contributed by atoms with E-state index in [0.29, 0.717) is 0 Å². The molecule has 0 radical (unpaired) electrons. The summed E-state index contributed by atoms with van der Waals surface area (Å²) >= 11 is 0. The minimum atomic E-state index is 1.17. The van der Waals surface area contributed by atoms with Crippen molar-refractivity contribution >= 4 is 11.8 Å². The van der Waals surface area contributed by atoms with Crippen LogP contribution in [0.1, 0.15) is 225 Å². The lowest BCUT2D eigenvalue weighted by molar-refractivity contribution is 0.529. The third kappa shape index (κ3) is 28.7. The molecule has 0 aliphatic rings. The topological polar surface area (TPSA) is 3.24 Å². The molecule has 1 aromatic carbocycles. The number of allylic oxidation sites excluding steroid dienone is 1. The largest absolute Gasteiger partial charge is 0.375 e. The van der Waals surface area contributed by atoms with Gasteiger partial charge in [0.2, 0.25) is 0 Å². The molecule has 0 aliphatic heterocycles. The first kappa shape index (κ1) is 41.8. The number of rotatable bonds is 35. The number of anilines is 1. The maximum Gasteiger partial charge on any atom is 0.0364 e. The highest BCUT2D eigenvalue weighted by molar-refractivity contribution is 5.55. The van der Waals surface area contributed by atoms with E-state index in [2.05, 4.69) is 62.2 Å². The van der Waals surface area contributed by atoms with Gasteiger partial charge in [-0.15, -0.1) is 0 Å². The van der Waals surface area contributed by atoms with Gasteiger partial charge in [0.1, 0.15) is 0 Å². The van der Waals surface area contributed by atoms with Crippen LogP contribution in [-0.2, 0) is 0 Å². The lowest BCUT2D eigenvalue weighted by Crippen LogP contribution is -2.18. The van der Waals surface area contributed by atoms with Crippen LogP contribution in [0.5, 0.6) is 0 Å². The second kappa shape index (κ2) is 34.1.